The van der Waals surface area contributed by atoms with Crippen LogP contribution >= 0.6 is 34.8 Å². The lowest BCUT2D eigenvalue weighted by atomic mass is 9.93. The first kappa shape index (κ1) is 15.7. The van der Waals surface area contributed by atoms with Gasteiger partial charge in [-0.25, -0.2) is 0 Å². The predicted molar refractivity (Wildman–Crippen MR) is 88.8 cm³/mol. The van der Waals surface area contributed by atoms with Crippen LogP contribution in [0, 0.1) is 0 Å². The number of nitrogens with one attached hydrogen (secondary N) is 1. The molecule has 116 valence electrons. The minimum Gasteiger partial charge on any atom is -0.329 e. The number of nitrogens with zero attached hydrogens (tertiary/aromatic N) is 2. The molecule has 0 saturated carbocycles. The zero-order chi connectivity index (χ0) is 15.7. The highest BCUT2D eigenvalue weighted by Gasteiger charge is 2.24. The Morgan fingerprint density at radius 2 is 2.00 bits per heavy atom. The number of piperidine rings is 1. The molecule has 1 aliphatic rings. The number of benzene rings is 1. The van der Waals surface area contributed by atoms with Crippen LogP contribution in [0.15, 0.2) is 24.3 Å². The summed E-state index contributed by atoms with van der Waals surface area (Å²) in [6.07, 6.45) is 1.73. The Morgan fingerprint density at radius 3 is 2.68 bits per heavy atom. The van der Waals surface area contributed by atoms with E-state index in [0.717, 1.165) is 29.8 Å². The summed E-state index contributed by atoms with van der Waals surface area (Å²) in [6, 6.07) is 7.49. The first-order valence-electron chi connectivity index (χ1n) is 7.00. The molecular formula is C15H14Cl3N3O. The molecule has 0 spiro atoms. The lowest BCUT2D eigenvalue weighted by Gasteiger charge is -2.29. The lowest BCUT2D eigenvalue weighted by Crippen LogP contribution is -2.34. The number of carbonyl (C=O) groups is 1. The summed E-state index contributed by atoms with van der Waals surface area (Å²) in [5.74, 6) is 0.339. The Labute approximate surface area is 143 Å². The van der Waals surface area contributed by atoms with E-state index in [2.05, 4.69) is 10.2 Å². The molecule has 22 heavy (non-hydrogen) atoms. The zero-order valence-corrected chi connectivity index (χ0v) is 13.9. The molecule has 4 nitrogen and oxygen atoms in total. The van der Waals surface area contributed by atoms with Crippen LogP contribution in [0.25, 0.3) is 11.3 Å². The van der Waals surface area contributed by atoms with E-state index in [0.29, 0.717) is 29.1 Å². The normalized spacial score (nSPS) is 16.0. The van der Waals surface area contributed by atoms with Gasteiger partial charge in [-0.05, 0) is 36.6 Å². The standard InChI is InChI=1S/C15H14Cl3N3O/c16-11-3-1-2-10(14(11)17)13-8-12(19-20-13)9-4-6-21(7-5-9)15(18)22/h1-3,8-9H,4-7H2,(H,19,20). The third-order valence-corrected chi connectivity index (χ3v) is 5.07. The fourth-order valence-electron chi connectivity index (χ4n) is 2.75. The fourth-order valence-corrected chi connectivity index (χ4v) is 3.32. The second-order valence-electron chi connectivity index (χ2n) is 5.32. The van der Waals surface area contributed by atoms with Gasteiger partial charge in [0.15, 0.2) is 0 Å². The maximum atomic E-state index is 11.1. The topological polar surface area (TPSA) is 49.0 Å². The average Bonchev–Trinajstić information content (AvgIpc) is 3.00. The second kappa shape index (κ2) is 6.49. The van der Waals surface area contributed by atoms with E-state index in [4.69, 9.17) is 34.8 Å². The summed E-state index contributed by atoms with van der Waals surface area (Å²) in [5.41, 5.74) is 2.64. The van der Waals surface area contributed by atoms with Gasteiger partial charge in [-0.15, -0.1) is 0 Å². The quantitative estimate of drug-likeness (QED) is 0.612. The van der Waals surface area contributed by atoms with Gasteiger partial charge >= 0.3 is 5.37 Å². The Bertz CT molecular complexity index is 693. The molecule has 0 atom stereocenters. The molecule has 1 saturated heterocycles. The monoisotopic (exact) mass is 357 g/mol. The summed E-state index contributed by atoms with van der Waals surface area (Å²) in [4.78, 5) is 12.8. The van der Waals surface area contributed by atoms with E-state index in [1.807, 2.05) is 18.2 Å². The summed E-state index contributed by atoms with van der Waals surface area (Å²) >= 11 is 17.8. The number of aromatic nitrogens is 2. The molecule has 0 bridgehead atoms. The summed E-state index contributed by atoms with van der Waals surface area (Å²) < 4.78 is 0. The van der Waals surface area contributed by atoms with Crippen LogP contribution in [-0.4, -0.2) is 33.6 Å². The Hall–Kier alpha value is -1.23. The van der Waals surface area contributed by atoms with Gasteiger partial charge in [-0.3, -0.25) is 9.89 Å². The van der Waals surface area contributed by atoms with E-state index < -0.39 is 0 Å². The van der Waals surface area contributed by atoms with Crippen LogP contribution in [0.5, 0.6) is 0 Å². The number of rotatable bonds is 2. The molecule has 0 radical (unpaired) electrons. The highest BCUT2D eigenvalue weighted by molar-refractivity contribution is 6.62. The number of carbonyl (C=O) groups excluding carboxylic acids is 1. The van der Waals surface area contributed by atoms with Gasteiger partial charge in [-0.2, -0.15) is 5.10 Å². The fraction of sp³-hybridized carbons (Fsp3) is 0.333. The molecule has 1 aliphatic heterocycles. The van der Waals surface area contributed by atoms with Crippen molar-refractivity contribution in [1.29, 1.82) is 0 Å². The molecule has 1 aromatic carbocycles. The minimum absolute atomic E-state index is 0.339. The second-order valence-corrected chi connectivity index (χ2v) is 6.43. The van der Waals surface area contributed by atoms with Gasteiger partial charge in [0.25, 0.3) is 0 Å². The van der Waals surface area contributed by atoms with Crippen molar-refractivity contribution < 1.29 is 4.79 Å². The summed E-state index contributed by atoms with van der Waals surface area (Å²) in [5, 5.41) is 8.06. The lowest BCUT2D eigenvalue weighted by molar-refractivity contribution is 0.203. The van der Waals surface area contributed by atoms with Crippen LogP contribution in [0.3, 0.4) is 0 Å². The van der Waals surface area contributed by atoms with E-state index in [1.165, 1.54) is 0 Å². The average molecular weight is 359 g/mol. The van der Waals surface area contributed by atoms with Gasteiger partial charge in [0, 0.05) is 30.3 Å². The number of hydrogen-bond acceptors (Lipinski definition) is 2. The van der Waals surface area contributed by atoms with E-state index in [-0.39, 0.29) is 5.37 Å². The molecule has 2 aromatic rings. The SMILES string of the molecule is O=C(Cl)N1CCC(c2cc(-c3cccc(Cl)c3Cl)n[nH]2)CC1. The molecule has 0 unspecified atom stereocenters. The highest BCUT2D eigenvalue weighted by Crippen LogP contribution is 2.35. The first-order valence-corrected chi connectivity index (χ1v) is 8.13. The Morgan fingerprint density at radius 1 is 1.27 bits per heavy atom. The van der Waals surface area contributed by atoms with Crippen molar-refractivity contribution in [3.8, 4) is 11.3 Å². The van der Waals surface area contributed by atoms with Crippen LogP contribution in [0.4, 0.5) is 4.79 Å². The summed E-state index contributed by atoms with van der Waals surface area (Å²) in [7, 11) is 0. The van der Waals surface area contributed by atoms with Gasteiger partial charge in [-0.1, -0.05) is 35.3 Å². The molecule has 1 fully saturated rings. The largest absolute Gasteiger partial charge is 0.329 e. The van der Waals surface area contributed by atoms with E-state index >= 15 is 0 Å². The van der Waals surface area contributed by atoms with Crippen LogP contribution in [0.1, 0.15) is 24.5 Å². The molecule has 7 heteroatoms. The molecule has 1 aromatic heterocycles. The number of hydrogen-bond donors (Lipinski definition) is 1. The van der Waals surface area contributed by atoms with Crippen molar-refractivity contribution in [2.75, 3.05) is 13.1 Å². The van der Waals surface area contributed by atoms with Crippen molar-refractivity contribution in [3.63, 3.8) is 0 Å². The number of H-pyrrole nitrogens is 1. The maximum absolute atomic E-state index is 11.1. The third-order valence-electron chi connectivity index (χ3n) is 4.01. The van der Waals surface area contributed by atoms with Gasteiger partial charge in [0.2, 0.25) is 0 Å². The maximum Gasteiger partial charge on any atom is 0.316 e. The number of aromatic amines is 1. The summed E-state index contributed by atoms with van der Waals surface area (Å²) in [6.45, 7) is 1.33. The Kier molecular flexibility index (Phi) is 4.62. The van der Waals surface area contributed by atoms with Crippen LogP contribution in [-0.2, 0) is 0 Å². The van der Waals surface area contributed by atoms with E-state index in [9.17, 15) is 4.79 Å². The molecule has 0 aliphatic carbocycles. The first-order chi connectivity index (χ1) is 10.6. The van der Waals surface area contributed by atoms with Gasteiger partial charge in [0.05, 0.1) is 15.7 Å². The number of likely N-dealkylation sites (tertiary alicyclic amines) is 1. The molecule has 1 amide bonds. The minimum atomic E-state index is -0.380. The zero-order valence-electron chi connectivity index (χ0n) is 11.7. The van der Waals surface area contributed by atoms with Gasteiger partial charge in [0.1, 0.15) is 0 Å². The van der Waals surface area contributed by atoms with Crippen molar-refractivity contribution in [2.45, 2.75) is 18.8 Å². The molecule has 1 N–H and O–H groups in total. The number of halogens is 3. The predicted octanol–water partition coefficient (Wildman–Crippen LogP) is 4.92. The number of amides is 1. The van der Waals surface area contributed by atoms with Crippen molar-refractivity contribution in [2.24, 2.45) is 0 Å². The third kappa shape index (κ3) is 3.09. The molecule has 3 rings (SSSR count). The van der Waals surface area contributed by atoms with Crippen LogP contribution < -0.4 is 0 Å². The smallest absolute Gasteiger partial charge is 0.316 e. The van der Waals surface area contributed by atoms with Crippen molar-refractivity contribution in [1.82, 2.24) is 15.1 Å². The van der Waals surface area contributed by atoms with Crippen LogP contribution in [0.2, 0.25) is 10.0 Å². The van der Waals surface area contributed by atoms with E-state index in [1.54, 1.807) is 11.0 Å². The highest BCUT2D eigenvalue weighted by atomic mass is 35.5. The molecular weight excluding hydrogens is 345 g/mol. The molecule has 2 heterocycles. The van der Waals surface area contributed by atoms with Gasteiger partial charge < -0.3 is 4.90 Å². The Balaban J connectivity index is 1.77. The van der Waals surface area contributed by atoms with Crippen molar-refractivity contribution in [3.05, 3.63) is 40.0 Å². The van der Waals surface area contributed by atoms with Crippen molar-refractivity contribution >= 4 is 40.2 Å².